The molecule has 0 bridgehead atoms. The lowest BCUT2D eigenvalue weighted by Crippen LogP contribution is -2.41. The lowest BCUT2D eigenvalue weighted by molar-refractivity contribution is -0.148. The SMILES string of the molecule is CCC(C)(C)C(=O)N1C[C@@H](OC(C)=O)C[C@H]1c1ccccc1. The fraction of sp³-hybridized carbons (Fsp3) is 0.556. The van der Waals surface area contributed by atoms with Crippen molar-refractivity contribution in [2.24, 2.45) is 5.41 Å². The molecule has 0 saturated carbocycles. The number of hydrogen-bond donors (Lipinski definition) is 0. The van der Waals surface area contributed by atoms with E-state index in [1.165, 1.54) is 6.92 Å². The summed E-state index contributed by atoms with van der Waals surface area (Å²) in [5, 5.41) is 0. The Balaban J connectivity index is 2.27. The number of ether oxygens (including phenoxy) is 1. The van der Waals surface area contributed by atoms with Crippen LogP contribution in [0.4, 0.5) is 0 Å². The molecule has 0 aromatic heterocycles. The van der Waals surface area contributed by atoms with E-state index in [2.05, 4.69) is 0 Å². The molecule has 0 radical (unpaired) electrons. The molecule has 0 aliphatic carbocycles. The van der Waals surface area contributed by atoms with Gasteiger partial charge in [0.25, 0.3) is 0 Å². The summed E-state index contributed by atoms with van der Waals surface area (Å²) in [7, 11) is 0. The van der Waals surface area contributed by atoms with Crippen molar-refractivity contribution in [1.29, 1.82) is 0 Å². The normalized spacial score (nSPS) is 21.7. The van der Waals surface area contributed by atoms with Crippen LogP contribution in [0.5, 0.6) is 0 Å². The lowest BCUT2D eigenvalue weighted by Gasteiger charge is -2.32. The molecule has 1 aliphatic rings. The first-order valence-corrected chi connectivity index (χ1v) is 7.88. The zero-order valence-corrected chi connectivity index (χ0v) is 13.8. The fourth-order valence-corrected chi connectivity index (χ4v) is 2.87. The van der Waals surface area contributed by atoms with E-state index in [1.807, 2.05) is 56.0 Å². The van der Waals surface area contributed by atoms with Gasteiger partial charge in [0.2, 0.25) is 5.91 Å². The number of hydrogen-bond acceptors (Lipinski definition) is 3. The maximum atomic E-state index is 12.9. The van der Waals surface area contributed by atoms with Crippen LogP contribution in [0.25, 0.3) is 0 Å². The maximum absolute atomic E-state index is 12.9. The Morgan fingerprint density at radius 3 is 2.45 bits per heavy atom. The van der Waals surface area contributed by atoms with Gasteiger partial charge >= 0.3 is 5.97 Å². The fourth-order valence-electron chi connectivity index (χ4n) is 2.87. The molecule has 2 rings (SSSR count). The number of likely N-dealkylation sites (tertiary alicyclic amines) is 1. The van der Waals surface area contributed by atoms with E-state index in [1.54, 1.807) is 0 Å². The first kappa shape index (κ1) is 16.5. The largest absolute Gasteiger partial charge is 0.461 e. The molecule has 1 saturated heterocycles. The molecule has 4 nitrogen and oxygen atoms in total. The number of amides is 1. The Bertz CT molecular complexity index is 539. The minimum Gasteiger partial charge on any atom is -0.461 e. The van der Waals surface area contributed by atoms with Gasteiger partial charge in [-0.1, -0.05) is 51.1 Å². The van der Waals surface area contributed by atoms with Crippen molar-refractivity contribution in [3.63, 3.8) is 0 Å². The zero-order chi connectivity index (χ0) is 16.3. The van der Waals surface area contributed by atoms with Crippen molar-refractivity contribution >= 4 is 11.9 Å². The van der Waals surface area contributed by atoms with Gasteiger partial charge in [0, 0.05) is 18.8 Å². The Hall–Kier alpha value is -1.84. The highest BCUT2D eigenvalue weighted by molar-refractivity contribution is 5.82. The van der Waals surface area contributed by atoms with Crippen LogP contribution in [0.15, 0.2) is 30.3 Å². The third kappa shape index (κ3) is 3.49. The number of rotatable bonds is 4. The predicted octanol–water partition coefficient (Wildman–Crippen LogP) is 3.33. The third-order valence-corrected chi connectivity index (χ3v) is 4.50. The number of esters is 1. The van der Waals surface area contributed by atoms with Crippen molar-refractivity contribution in [3.8, 4) is 0 Å². The molecule has 0 spiro atoms. The molecule has 22 heavy (non-hydrogen) atoms. The maximum Gasteiger partial charge on any atom is 0.302 e. The first-order chi connectivity index (χ1) is 10.3. The van der Waals surface area contributed by atoms with Crippen LogP contribution >= 0.6 is 0 Å². The van der Waals surface area contributed by atoms with Crippen molar-refractivity contribution < 1.29 is 14.3 Å². The summed E-state index contributed by atoms with van der Waals surface area (Å²) in [6, 6.07) is 9.94. The second-order valence-corrected chi connectivity index (χ2v) is 6.59. The van der Waals surface area contributed by atoms with Crippen molar-refractivity contribution in [1.82, 2.24) is 4.90 Å². The molecule has 2 atom stereocenters. The van der Waals surface area contributed by atoms with Gasteiger partial charge in [-0.25, -0.2) is 0 Å². The van der Waals surface area contributed by atoms with E-state index in [-0.39, 0.29) is 24.0 Å². The highest BCUT2D eigenvalue weighted by Crippen LogP contribution is 2.37. The van der Waals surface area contributed by atoms with Gasteiger partial charge in [-0.2, -0.15) is 0 Å². The Morgan fingerprint density at radius 1 is 1.27 bits per heavy atom. The van der Waals surface area contributed by atoms with Crippen molar-refractivity contribution in [2.45, 2.75) is 52.7 Å². The molecular weight excluding hydrogens is 278 g/mol. The summed E-state index contributed by atoms with van der Waals surface area (Å²) in [6.45, 7) is 7.85. The van der Waals surface area contributed by atoms with Crippen LogP contribution in [-0.2, 0) is 14.3 Å². The van der Waals surface area contributed by atoms with E-state index in [4.69, 9.17) is 4.74 Å². The van der Waals surface area contributed by atoms with Gasteiger partial charge in [-0.15, -0.1) is 0 Å². The highest BCUT2D eigenvalue weighted by atomic mass is 16.5. The minimum absolute atomic E-state index is 0.0242. The third-order valence-electron chi connectivity index (χ3n) is 4.50. The summed E-state index contributed by atoms with van der Waals surface area (Å²) >= 11 is 0. The smallest absolute Gasteiger partial charge is 0.302 e. The summed E-state index contributed by atoms with van der Waals surface area (Å²) in [5.41, 5.74) is 0.690. The van der Waals surface area contributed by atoms with Gasteiger partial charge in [-0.3, -0.25) is 9.59 Å². The Morgan fingerprint density at radius 2 is 1.91 bits per heavy atom. The summed E-state index contributed by atoms with van der Waals surface area (Å²) < 4.78 is 5.36. The topological polar surface area (TPSA) is 46.6 Å². The van der Waals surface area contributed by atoms with E-state index >= 15 is 0 Å². The standard InChI is InChI=1S/C18H25NO3/c1-5-18(3,4)17(21)19-12-15(22-13(2)20)11-16(19)14-9-7-6-8-10-14/h6-10,15-16H,5,11-12H2,1-4H3/t15-,16-/m0/s1. The van der Waals surface area contributed by atoms with E-state index in [0.717, 1.165) is 12.0 Å². The van der Waals surface area contributed by atoms with Crippen LogP contribution in [0.2, 0.25) is 0 Å². The number of carbonyl (C=O) groups is 2. The molecule has 1 aliphatic heterocycles. The second-order valence-electron chi connectivity index (χ2n) is 6.59. The molecule has 1 aromatic carbocycles. The molecule has 1 aromatic rings. The lowest BCUT2D eigenvalue weighted by atomic mass is 9.88. The minimum atomic E-state index is -0.405. The first-order valence-electron chi connectivity index (χ1n) is 7.88. The van der Waals surface area contributed by atoms with Gasteiger partial charge in [-0.05, 0) is 12.0 Å². The van der Waals surface area contributed by atoms with Gasteiger partial charge in [0.15, 0.2) is 0 Å². The van der Waals surface area contributed by atoms with Gasteiger partial charge < -0.3 is 9.64 Å². The number of nitrogens with zero attached hydrogens (tertiary/aromatic N) is 1. The molecule has 4 heteroatoms. The monoisotopic (exact) mass is 303 g/mol. The summed E-state index contributed by atoms with van der Waals surface area (Å²) in [5.74, 6) is -0.167. The Labute approximate surface area is 132 Å². The van der Waals surface area contributed by atoms with Crippen LogP contribution in [0.1, 0.15) is 52.1 Å². The molecule has 120 valence electrons. The van der Waals surface area contributed by atoms with Crippen molar-refractivity contribution in [3.05, 3.63) is 35.9 Å². The van der Waals surface area contributed by atoms with Gasteiger partial charge in [0.05, 0.1) is 12.6 Å². The van der Waals surface area contributed by atoms with Crippen molar-refractivity contribution in [2.75, 3.05) is 6.54 Å². The zero-order valence-electron chi connectivity index (χ0n) is 13.8. The molecular formula is C18H25NO3. The number of benzene rings is 1. The molecule has 0 N–H and O–H groups in total. The van der Waals surface area contributed by atoms with Crippen LogP contribution in [-0.4, -0.2) is 29.4 Å². The quantitative estimate of drug-likeness (QED) is 0.802. The van der Waals surface area contributed by atoms with E-state index < -0.39 is 5.41 Å². The molecule has 1 fully saturated rings. The van der Waals surface area contributed by atoms with Crippen LogP contribution in [0, 0.1) is 5.41 Å². The second kappa shape index (κ2) is 6.51. The average Bonchev–Trinajstić information content (AvgIpc) is 2.90. The predicted molar refractivity (Wildman–Crippen MR) is 85.1 cm³/mol. The van der Waals surface area contributed by atoms with E-state index in [0.29, 0.717) is 13.0 Å². The average molecular weight is 303 g/mol. The molecule has 1 heterocycles. The van der Waals surface area contributed by atoms with Gasteiger partial charge in [0.1, 0.15) is 6.10 Å². The summed E-state index contributed by atoms with van der Waals surface area (Å²) in [4.78, 5) is 26.0. The highest BCUT2D eigenvalue weighted by Gasteiger charge is 2.42. The van der Waals surface area contributed by atoms with Crippen LogP contribution in [0.3, 0.4) is 0 Å². The molecule has 1 amide bonds. The Kier molecular flexibility index (Phi) is 4.89. The van der Waals surface area contributed by atoms with E-state index in [9.17, 15) is 9.59 Å². The number of carbonyl (C=O) groups excluding carboxylic acids is 2. The van der Waals surface area contributed by atoms with Crippen LogP contribution < -0.4 is 0 Å². The summed E-state index contributed by atoms with van der Waals surface area (Å²) in [6.07, 6.45) is 1.22. The molecule has 0 unspecified atom stereocenters.